The highest BCUT2D eigenvalue weighted by Gasteiger charge is 2.20. The van der Waals surface area contributed by atoms with Gasteiger partial charge in [-0.05, 0) is 44.1 Å². The number of nitrogens with zero attached hydrogens (tertiary/aromatic N) is 2. The van der Waals surface area contributed by atoms with Crippen LogP contribution in [0.25, 0.3) is 0 Å². The molecule has 128 valence electrons. The number of benzene rings is 1. The van der Waals surface area contributed by atoms with Crippen molar-refractivity contribution in [2.75, 3.05) is 33.2 Å². The number of nitrogens with one attached hydrogen (secondary N) is 1. The molecule has 0 radical (unpaired) electrons. The van der Waals surface area contributed by atoms with Crippen LogP contribution in [-0.2, 0) is 11.3 Å². The Bertz CT molecular complexity index is 531. The van der Waals surface area contributed by atoms with Crippen molar-refractivity contribution in [3.8, 4) is 0 Å². The highest BCUT2D eigenvalue weighted by Crippen LogP contribution is 2.23. The summed E-state index contributed by atoms with van der Waals surface area (Å²) in [5.74, 6) is 0.0857. The molecule has 1 aromatic rings. The highest BCUT2D eigenvalue weighted by molar-refractivity contribution is 6.42. The minimum absolute atomic E-state index is 0.0857. The highest BCUT2D eigenvalue weighted by atomic mass is 35.5. The molecule has 1 aromatic carbocycles. The number of likely N-dealkylation sites (tertiary alicyclic amines) is 1. The first kappa shape index (κ1) is 18.5. The molecule has 1 amide bonds. The van der Waals surface area contributed by atoms with E-state index >= 15 is 0 Å². The molecule has 1 aliphatic rings. The second kappa shape index (κ2) is 8.88. The van der Waals surface area contributed by atoms with Crippen molar-refractivity contribution in [3.63, 3.8) is 0 Å². The molecule has 0 saturated carbocycles. The molecule has 23 heavy (non-hydrogen) atoms. The average molecular weight is 358 g/mol. The average Bonchev–Trinajstić information content (AvgIpc) is 2.51. The molecule has 6 heteroatoms. The van der Waals surface area contributed by atoms with Crippen molar-refractivity contribution in [3.05, 3.63) is 33.8 Å². The number of halogens is 2. The van der Waals surface area contributed by atoms with E-state index in [0.29, 0.717) is 29.2 Å². The molecule has 1 aliphatic heterocycles. The lowest BCUT2D eigenvalue weighted by Crippen LogP contribution is -2.46. The van der Waals surface area contributed by atoms with Gasteiger partial charge >= 0.3 is 0 Å². The zero-order valence-electron chi connectivity index (χ0n) is 13.8. The molecule has 1 heterocycles. The Morgan fingerprint density at radius 3 is 2.61 bits per heavy atom. The molecule has 0 atom stereocenters. The summed E-state index contributed by atoms with van der Waals surface area (Å²) in [6.07, 6.45) is 2.08. The van der Waals surface area contributed by atoms with Gasteiger partial charge in [0.1, 0.15) is 0 Å². The van der Waals surface area contributed by atoms with Crippen LogP contribution in [0.1, 0.15) is 25.3 Å². The van der Waals surface area contributed by atoms with Gasteiger partial charge in [0.2, 0.25) is 5.91 Å². The first-order chi connectivity index (χ1) is 11.0. The zero-order valence-corrected chi connectivity index (χ0v) is 15.3. The van der Waals surface area contributed by atoms with E-state index in [1.807, 2.05) is 24.1 Å². The number of hydrogen-bond donors (Lipinski definition) is 1. The number of likely N-dealkylation sites (N-methyl/N-ethyl adjacent to an activating group) is 1. The number of rotatable bonds is 6. The van der Waals surface area contributed by atoms with E-state index in [9.17, 15) is 4.79 Å². The summed E-state index contributed by atoms with van der Waals surface area (Å²) < 4.78 is 0. The van der Waals surface area contributed by atoms with Crippen LogP contribution >= 0.6 is 23.2 Å². The summed E-state index contributed by atoms with van der Waals surface area (Å²) in [7, 11) is 1.93. The molecule has 2 rings (SSSR count). The van der Waals surface area contributed by atoms with Gasteiger partial charge in [-0.15, -0.1) is 0 Å². The molecular weight excluding hydrogens is 333 g/mol. The van der Waals surface area contributed by atoms with Crippen LogP contribution in [-0.4, -0.2) is 55.0 Å². The standard InChI is InChI=1S/C17H25Cl2N3O/c1-3-22-8-6-14(7-9-22)20-17(23)12-21(2)11-13-4-5-15(18)16(19)10-13/h4-5,10,14H,3,6-9,11-12H2,1-2H3,(H,20,23). The van der Waals surface area contributed by atoms with Gasteiger partial charge in [-0.25, -0.2) is 0 Å². The molecule has 0 spiro atoms. The van der Waals surface area contributed by atoms with Gasteiger partial charge in [-0.2, -0.15) is 0 Å². The molecule has 1 N–H and O–H groups in total. The van der Waals surface area contributed by atoms with Gasteiger partial charge in [-0.1, -0.05) is 36.2 Å². The summed E-state index contributed by atoms with van der Waals surface area (Å²) in [5, 5.41) is 4.24. The number of amides is 1. The predicted octanol–water partition coefficient (Wildman–Crippen LogP) is 3.03. The van der Waals surface area contributed by atoms with Crippen LogP contribution in [0, 0.1) is 0 Å². The lowest BCUT2D eigenvalue weighted by atomic mass is 10.1. The second-order valence-corrected chi connectivity index (χ2v) is 7.01. The molecule has 1 fully saturated rings. The largest absolute Gasteiger partial charge is 0.352 e. The van der Waals surface area contributed by atoms with E-state index < -0.39 is 0 Å². The molecule has 4 nitrogen and oxygen atoms in total. The first-order valence-corrected chi connectivity index (χ1v) is 8.87. The van der Waals surface area contributed by atoms with Gasteiger partial charge in [0.05, 0.1) is 16.6 Å². The molecule has 0 aliphatic carbocycles. The van der Waals surface area contributed by atoms with Crippen LogP contribution in [0.3, 0.4) is 0 Å². The SMILES string of the molecule is CCN1CCC(NC(=O)CN(C)Cc2ccc(Cl)c(Cl)c2)CC1. The Morgan fingerprint density at radius 1 is 1.30 bits per heavy atom. The minimum atomic E-state index is 0.0857. The van der Waals surface area contributed by atoms with E-state index in [1.165, 1.54) is 0 Å². The maximum Gasteiger partial charge on any atom is 0.234 e. The number of carbonyl (C=O) groups is 1. The quantitative estimate of drug-likeness (QED) is 0.849. The fourth-order valence-electron chi connectivity index (χ4n) is 2.92. The number of carbonyl (C=O) groups excluding carboxylic acids is 1. The normalized spacial score (nSPS) is 16.7. The van der Waals surface area contributed by atoms with E-state index in [4.69, 9.17) is 23.2 Å². The molecular formula is C17H25Cl2N3O. The Kier molecular flexibility index (Phi) is 7.15. The molecule has 1 saturated heterocycles. The van der Waals surface area contributed by atoms with Crippen molar-refractivity contribution < 1.29 is 4.79 Å². The summed E-state index contributed by atoms with van der Waals surface area (Å²) in [6.45, 7) is 6.46. The minimum Gasteiger partial charge on any atom is -0.352 e. The van der Waals surface area contributed by atoms with Gasteiger partial charge in [0, 0.05) is 25.7 Å². The summed E-state index contributed by atoms with van der Waals surface area (Å²) in [4.78, 5) is 16.6. The van der Waals surface area contributed by atoms with Gasteiger partial charge in [0.25, 0.3) is 0 Å². The zero-order chi connectivity index (χ0) is 16.8. The monoisotopic (exact) mass is 357 g/mol. The van der Waals surface area contributed by atoms with E-state index in [-0.39, 0.29) is 5.91 Å². The lowest BCUT2D eigenvalue weighted by Gasteiger charge is -2.31. The third kappa shape index (κ3) is 5.96. The number of piperidine rings is 1. The Morgan fingerprint density at radius 2 is 2.00 bits per heavy atom. The maximum atomic E-state index is 12.2. The Hall–Kier alpha value is -0.810. The van der Waals surface area contributed by atoms with Gasteiger partial charge in [0.15, 0.2) is 0 Å². The van der Waals surface area contributed by atoms with Crippen molar-refractivity contribution in [1.29, 1.82) is 0 Å². The number of hydrogen-bond acceptors (Lipinski definition) is 3. The van der Waals surface area contributed by atoms with Gasteiger partial charge < -0.3 is 10.2 Å². The van der Waals surface area contributed by atoms with Crippen LogP contribution < -0.4 is 5.32 Å². The van der Waals surface area contributed by atoms with Crippen molar-refractivity contribution in [2.24, 2.45) is 0 Å². The van der Waals surface area contributed by atoms with E-state index in [2.05, 4.69) is 17.1 Å². The Labute approximate surface area is 148 Å². The van der Waals surface area contributed by atoms with E-state index in [1.54, 1.807) is 6.07 Å². The summed E-state index contributed by atoms with van der Waals surface area (Å²) >= 11 is 11.9. The first-order valence-electron chi connectivity index (χ1n) is 8.12. The Balaban J connectivity index is 1.75. The van der Waals surface area contributed by atoms with E-state index in [0.717, 1.165) is 38.0 Å². The third-order valence-electron chi connectivity index (χ3n) is 4.25. The molecule has 0 aromatic heterocycles. The van der Waals surface area contributed by atoms with Crippen molar-refractivity contribution >= 4 is 29.1 Å². The van der Waals surface area contributed by atoms with Crippen LogP contribution in [0.5, 0.6) is 0 Å². The fourth-order valence-corrected chi connectivity index (χ4v) is 3.24. The van der Waals surface area contributed by atoms with Crippen LogP contribution in [0.15, 0.2) is 18.2 Å². The van der Waals surface area contributed by atoms with Crippen molar-refractivity contribution in [1.82, 2.24) is 15.1 Å². The van der Waals surface area contributed by atoms with Crippen LogP contribution in [0.2, 0.25) is 10.0 Å². The summed E-state index contributed by atoms with van der Waals surface area (Å²) in [6, 6.07) is 5.87. The smallest absolute Gasteiger partial charge is 0.234 e. The van der Waals surface area contributed by atoms with Crippen LogP contribution in [0.4, 0.5) is 0 Å². The second-order valence-electron chi connectivity index (χ2n) is 6.20. The molecule has 0 bridgehead atoms. The summed E-state index contributed by atoms with van der Waals surface area (Å²) in [5.41, 5.74) is 1.05. The fraction of sp³-hybridized carbons (Fsp3) is 0.588. The van der Waals surface area contributed by atoms with Crippen molar-refractivity contribution in [2.45, 2.75) is 32.4 Å². The third-order valence-corrected chi connectivity index (χ3v) is 4.99. The topological polar surface area (TPSA) is 35.6 Å². The maximum absolute atomic E-state index is 12.2. The molecule has 0 unspecified atom stereocenters. The predicted molar refractivity (Wildman–Crippen MR) is 96.1 cm³/mol. The van der Waals surface area contributed by atoms with Gasteiger partial charge in [-0.3, -0.25) is 9.69 Å². The lowest BCUT2D eigenvalue weighted by molar-refractivity contribution is -0.123.